The van der Waals surface area contributed by atoms with Crippen LogP contribution in [0, 0.1) is 17.1 Å². The van der Waals surface area contributed by atoms with Crippen LogP contribution < -0.4 is 16.0 Å². The van der Waals surface area contributed by atoms with Crippen molar-refractivity contribution < 1.29 is 14.0 Å². The van der Waals surface area contributed by atoms with Crippen molar-refractivity contribution in [2.24, 2.45) is 0 Å². The highest BCUT2D eigenvalue weighted by molar-refractivity contribution is 14.1. The zero-order chi connectivity index (χ0) is 26.7. The molecule has 37 heavy (non-hydrogen) atoms. The third-order valence-corrected chi connectivity index (χ3v) is 7.09. The van der Waals surface area contributed by atoms with E-state index in [4.69, 9.17) is 0 Å². The molecule has 0 aliphatic heterocycles. The molecule has 3 N–H and O–H groups in total. The van der Waals surface area contributed by atoms with E-state index in [9.17, 15) is 19.2 Å². The van der Waals surface area contributed by atoms with Gasteiger partial charge in [0, 0.05) is 22.6 Å². The summed E-state index contributed by atoms with van der Waals surface area (Å²) in [6.45, 7) is 4.92. The van der Waals surface area contributed by atoms with Crippen LogP contribution >= 0.6 is 33.9 Å². The first-order valence-electron chi connectivity index (χ1n) is 11.0. The van der Waals surface area contributed by atoms with Gasteiger partial charge < -0.3 is 16.0 Å². The van der Waals surface area contributed by atoms with Crippen molar-refractivity contribution >= 4 is 78.5 Å². The van der Waals surface area contributed by atoms with Crippen molar-refractivity contribution in [3.05, 3.63) is 65.1 Å². The minimum Gasteiger partial charge on any atom is -0.324 e. The molecule has 4 rings (SSSR count). The SMILES string of the molecule is CC(=O)Nc1nc2cnc(Nc3cc(NC(=O)c4cccc(C(C)(C)C#N)c4)c(F)cc3CI)nc2s1. The third kappa shape index (κ3) is 6.00. The number of benzene rings is 2. The molecular formula is C25H21FIN7O2S. The number of amides is 2. The number of hydrogen-bond acceptors (Lipinski definition) is 8. The van der Waals surface area contributed by atoms with Gasteiger partial charge in [-0.1, -0.05) is 46.1 Å². The number of nitriles is 1. The molecule has 0 spiro atoms. The van der Waals surface area contributed by atoms with Gasteiger partial charge in [0.2, 0.25) is 11.9 Å². The van der Waals surface area contributed by atoms with Crippen LogP contribution in [0.3, 0.4) is 0 Å². The Morgan fingerprint density at radius 3 is 2.65 bits per heavy atom. The van der Waals surface area contributed by atoms with Crippen molar-refractivity contribution in [1.82, 2.24) is 15.0 Å². The number of fused-ring (bicyclic) bond motifs is 1. The summed E-state index contributed by atoms with van der Waals surface area (Å²) >= 11 is 3.32. The summed E-state index contributed by atoms with van der Waals surface area (Å²) < 4.78 is 15.4. The highest BCUT2D eigenvalue weighted by Crippen LogP contribution is 2.31. The average molecular weight is 629 g/mol. The summed E-state index contributed by atoms with van der Waals surface area (Å²) in [6, 6.07) is 11.8. The molecule has 2 aromatic carbocycles. The number of carbonyl (C=O) groups is 2. The maximum Gasteiger partial charge on any atom is 0.255 e. The molecule has 0 aliphatic rings. The van der Waals surface area contributed by atoms with Gasteiger partial charge in [0.15, 0.2) is 9.96 Å². The Hall–Kier alpha value is -3.70. The van der Waals surface area contributed by atoms with Gasteiger partial charge in [0.25, 0.3) is 5.91 Å². The number of rotatable bonds is 7. The molecule has 2 heterocycles. The maximum absolute atomic E-state index is 14.9. The van der Waals surface area contributed by atoms with Gasteiger partial charge in [-0.15, -0.1) is 0 Å². The molecule has 0 saturated carbocycles. The second kappa shape index (κ2) is 10.7. The van der Waals surface area contributed by atoms with E-state index in [1.807, 2.05) is 0 Å². The fraction of sp³-hybridized carbons (Fsp3) is 0.200. The molecule has 4 aromatic rings. The Morgan fingerprint density at radius 2 is 1.95 bits per heavy atom. The number of hydrogen-bond donors (Lipinski definition) is 3. The Kier molecular flexibility index (Phi) is 7.65. The summed E-state index contributed by atoms with van der Waals surface area (Å²) in [5.41, 5.74) is 1.91. The molecule has 0 atom stereocenters. The van der Waals surface area contributed by atoms with Gasteiger partial charge in [0.1, 0.15) is 11.3 Å². The maximum atomic E-state index is 14.9. The lowest BCUT2D eigenvalue weighted by atomic mass is 9.85. The lowest BCUT2D eigenvalue weighted by Gasteiger charge is -2.17. The van der Waals surface area contributed by atoms with E-state index in [0.29, 0.717) is 42.3 Å². The smallest absolute Gasteiger partial charge is 0.255 e. The Labute approximate surface area is 229 Å². The van der Waals surface area contributed by atoms with E-state index in [1.165, 1.54) is 36.6 Å². The van der Waals surface area contributed by atoms with Crippen molar-refractivity contribution in [3.63, 3.8) is 0 Å². The van der Waals surface area contributed by atoms with Crippen molar-refractivity contribution in [3.8, 4) is 6.07 Å². The summed E-state index contributed by atoms with van der Waals surface area (Å²) in [7, 11) is 0. The molecule has 0 unspecified atom stereocenters. The number of thiazole rings is 1. The van der Waals surface area contributed by atoms with Crippen LogP contribution in [0.1, 0.15) is 42.3 Å². The highest BCUT2D eigenvalue weighted by Gasteiger charge is 2.21. The molecule has 9 nitrogen and oxygen atoms in total. The number of alkyl halides is 1. The number of nitrogens with zero attached hydrogens (tertiary/aromatic N) is 4. The zero-order valence-corrected chi connectivity index (χ0v) is 23.0. The lowest BCUT2D eigenvalue weighted by molar-refractivity contribution is -0.114. The average Bonchev–Trinajstić information content (AvgIpc) is 3.26. The summed E-state index contributed by atoms with van der Waals surface area (Å²) in [5, 5.41) is 18.2. The predicted octanol–water partition coefficient (Wildman–Crippen LogP) is 5.92. The minimum absolute atomic E-state index is 0.0159. The molecule has 0 saturated heterocycles. The molecule has 188 valence electrons. The molecule has 12 heteroatoms. The van der Waals surface area contributed by atoms with Crippen LogP contribution in [0.4, 0.5) is 26.8 Å². The summed E-state index contributed by atoms with van der Waals surface area (Å²) in [6.07, 6.45) is 1.53. The van der Waals surface area contributed by atoms with E-state index >= 15 is 0 Å². The Bertz CT molecular complexity index is 1560. The molecule has 2 aromatic heterocycles. The molecule has 0 bridgehead atoms. The molecule has 0 aliphatic carbocycles. The van der Waals surface area contributed by atoms with E-state index in [-0.39, 0.29) is 17.5 Å². The highest BCUT2D eigenvalue weighted by atomic mass is 127. The van der Waals surface area contributed by atoms with E-state index < -0.39 is 17.1 Å². The van der Waals surface area contributed by atoms with Gasteiger partial charge >= 0.3 is 0 Å². The largest absolute Gasteiger partial charge is 0.324 e. The molecule has 2 amide bonds. The van der Waals surface area contributed by atoms with Gasteiger partial charge in [-0.25, -0.2) is 14.4 Å². The van der Waals surface area contributed by atoms with Crippen LogP contribution in [0.5, 0.6) is 0 Å². The molecule has 0 fully saturated rings. The summed E-state index contributed by atoms with van der Waals surface area (Å²) in [5.74, 6) is -1.07. The van der Waals surface area contributed by atoms with Crippen molar-refractivity contribution in [1.29, 1.82) is 5.26 Å². The number of anilines is 4. The summed E-state index contributed by atoms with van der Waals surface area (Å²) in [4.78, 5) is 37.8. The number of nitrogens with one attached hydrogen (secondary N) is 3. The van der Waals surface area contributed by atoms with Gasteiger partial charge in [0.05, 0.1) is 23.4 Å². The number of halogens is 2. The molecule has 0 radical (unpaired) electrons. The van der Waals surface area contributed by atoms with Crippen molar-refractivity contribution in [2.45, 2.75) is 30.6 Å². The van der Waals surface area contributed by atoms with Crippen LogP contribution in [-0.2, 0) is 14.6 Å². The van der Waals surface area contributed by atoms with Crippen LogP contribution in [0.15, 0.2) is 42.6 Å². The standard InChI is InChI=1S/C25H21FIN7O2S/c1-13(35)30-24-33-20-11-29-23(34-22(20)37-24)32-18-9-19(17(26)8-15(18)10-27)31-21(36)14-5-4-6-16(7-14)25(2,3)12-28/h4-9,11H,10H2,1-3H3,(H,31,36)(H,29,32,34)(H,30,33,35). The fourth-order valence-corrected chi connectivity index (χ4v) is 4.85. The number of carbonyl (C=O) groups excluding carboxylic acids is 2. The van der Waals surface area contributed by atoms with Crippen LogP contribution in [-0.4, -0.2) is 26.8 Å². The second-order valence-electron chi connectivity index (χ2n) is 8.60. The lowest BCUT2D eigenvalue weighted by Crippen LogP contribution is -2.17. The Balaban J connectivity index is 1.61. The minimum atomic E-state index is -0.775. The zero-order valence-electron chi connectivity index (χ0n) is 20.0. The first-order chi connectivity index (χ1) is 17.6. The quantitative estimate of drug-likeness (QED) is 0.171. The number of aromatic nitrogens is 3. The van der Waals surface area contributed by atoms with Crippen LogP contribution in [0.25, 0.3) is 10.3 Å². The molecular weight excluding hydrogens is 608 g/mol. The van der Waals surface area contributed by atoms with E-state index in [0.717, 1.165) is 0 Å². The second-order valence-corrected chi connectivity index (χ2v) is 10.3. The Morgan fingerprint density at radius 1 is 1.16 bits per heavy atom. The first-order valence-corrected chi connectivity index (χ1v) is 13.3. The normalized spacial score (nSPS) is 11.1. The van der Waals surface area contributed by atoms with E-state index in [2.05, 4.69) is 59.6 Å². The van der Waals surface area contributed by atoms with Gasteiger partial charge in [-0.3, -0.25) is 9.59 Å². The topological polar surface area (TPSA) is 133 Å². The fourth-order valence-electron chi connectivity index (χ4n) is 3.37. The van der Waals surface area contributed by atoms with Crippen LogP contribution in [0.2, 0.25) is 0 Å². The van der Waals surface area contributed by atoms with Gasteiger partial charge in [-0.2, -0.15) is 10.2 Å². The first kappa shape index (κ1) is 26.4. The monoisotopic (exact) mass is 629 g/mol. The van der Waals surface area contributed by atoms with E-state index in [1.54, 1.807) is 38.1 Å². The third-order valence-electron chi connectivity index (χ3n) is 5.39. The van der Waals surface area contributed by atoms with Crippen molar-refractivity contribution in [2.75, 3.05) is 16.0 Å². The van der Waals surface area contributed by atoms with Gasteiger partial charge in [-0.05, 0) is 49.2 Å². The predicted molar refractivity (Wildman–Crippen MR) is 150 cm³/mol.